The second-order valence-electron chi connectivity index (χ2n) is 7.02. The Balaban J connectivity index is 2.42. The Morgan fingerprint density at radius 2 is 1.73 bits per heavy atom. The monoisotopic (exact) mass is 321 g/mol. The topological polar surface area (TPSA) is 50.9 Å². The zero-order valence-corrected chi connectivity index (χ0v) is 14.5. The van der Waals surface area contributed by atoms with Gasteiger partial charge in [0.2, 0.25) is 0 Å². The largest absolute Gasteiger partial charge is 0.388 e. The highest BCUT2D eigenvalue weighted by Crippen LogP contribution is 2.46. The highest BCUT2D eigenvalue weighted by molar-refractivity contribution is 6.30. The maximum Gasteiger partial charge on any atom is 0.137 e. The minimum atomic E-state index is -0.620. The molecule has 0 saturated carbocycles. The zero-order chi connectivity index (χ0) is 16.5. The minimum Gasteiger partial charge on any atom is -0.388 e. The standard InChI is InChI=1S/C17H24ClN3O/c1-12(15(22)13-6-8-14(18)9-7-13)17(5,16(2,3)4)21-11-19-10-20-21/h6-12,15,22H,1-5H3. The molecular weight excluding hydrogens is 298 g/mol. The van der Waals surface area contributed by atoms with E-state index in [1.165, 1.54) is 6.33 Å². The van der Waals surface area contributed by atoms with Gasteiger partial charge in [-0.1, -0.05) is 51.4 Å². The molecule has 1 heterocycles. The third-order valence-electron chi connectivity index (χ3n) is 4.98. The summed E-state index contributed by atoms with van der Waals surface area (Å²) < 4.78 is 1.86. The van der Waals surface area contributed by atoms with Crippen LogP contribution in [-0.2, 0) is 5.54 Å². The van der Waals surface area contributed by atoms with E-state index in [0.717, 1.165) is 5.56 Å². The van der Waals surface area contributed by atoms with Crippen LogP contribution in [0.4, 0.5) is 0 Å². The Hall–Kier alpha value is -1.39. The Kier molecular flexibility index (Phi) is 4.64. The van der Waals surface area contributed by atoms with Crippen LogP contribution in [0, 0.1) is 11.3 Å². The van der Waals surface area contributed by atoms with Gasteiger partial charge >= 0.3 is 0 Å². The van der Waals surface area contributed by atoms with Crippen LogP contribution >= 0.6 is 11.6 Å². The molecule has 5 heteroatoms. The Bertz CT molecular complexity index is 604. The van der Waals surface area contributed by atoms with Crippen molar-refractivity contribution in [2.75, 3.05) is 0 Å². The lowest BCUT2D eigenvalue weighted by molar-refractivity contribution is -0.0308. The number of benzene rings is 1. The molecule has 0 fully saturated rings. The van der Waals surface area contributed by atoms with Gasteiger partial charge in [-0.2, -0.15) is 5.10 Å². The smallest absolute Gasteiger partial charge is 0.137 e. The number of hydrogen-bond acceptors (Lipinski definition) is 3. The van der Waals surface area contributed by atoms with Crippen LogP contribution in [0.3, 0.4) is 0 Å². The molecule has 1 aromatic carbocycles. The third-order valence-corrected chi connectivity index (χ3v) is 5.24. The van der Waals surface area contributed by atoms with E-state index in [0.29, 0.717) is 5.02 Å². The van der Waals surface area contributed by atoms with E-state index in [2.05, 4.69) is 37.8 Å². The quantitative estimate of drug-likeness (QED) is 0.923. The highest BCUT2D eigenvalue weighted by atomic mass is 35.5. The maximum atomic E-state index is 10.9. The fourth-order valence-corrected chi connectivity index (χ4v) is 3.07. The van der Waals surface area contributed by atoms with E-state index < -0.39 is 11.6 Å². The van der Waals surface area contributed by atoms with Gasteiger partial charge in [-0.05, 0) is 30.0 Å². The molecule has 4 nitrogen and oxygen atoms in total. The minimum absolute atomic E-state index is 0.0737. The van der Waals surface area contributed by atoms with Crippen LogP contribution in [0.15, 0.2) is 36.9 Å². The molecule has 0 amide bonds. The molecule has 1 aromatic heterocycles. The SMILES string of the molecule is CC(C(O)c1ccc(Cl)cc1)C(C)(n1cncn1)C(C)(C)C. The predicted molar refractivity (Wildman–Crippen MR) is 88.7 cm³/mol. The van der Waals surface area contributed by atoms with Crippen LogP contribution < -0.4 is 0 Å². The van der Waals surface area contributed by atoms with Crippen molar-refractivity contribution < 1.29 is 5.11 Å². The van der Waals surface area contributed by atoms with Gasteiger partial charge in [-0.3, -0.25) is 0 Å². The van der Waals surface area contributed by atoms with Crippen LogP contribution in [0.2, 0.25) is 5.02 Å². The average Bonchev–Trinajstić information content (AvgIpc) is 2.99. The fraction of sp³-hybridized carbons (Fsp3) is 0.529. The fourth-order valence-electron chi connectivity index (χ4n) is 2.94. The summed E-state index contributed by atoms with van der Waals surface area (Å²) in [6.45, 7) is 10.6. The van der Waals surface area contributed by atoms with Crippen molar-refractivity contribution in [2.24, 2.45) is 11.3 Å². The zero-order valence-electron chi connectivity index (χ0n) is 13.8. The summed E-state index contributed by atoms with van der Waals surface area (Å²) in [7, 11) is 0. The third kappa shape index (κ3) is 2.90. The number of halogens is 1. The summed E-state index contributed by atoms with van der Waals surface area (Å²) in [5.74, 6) is -0.0737. The maximum absolute atomic E-state index is 10.9. The van der Waals surface area contributed by atoms with Crippen molar-refractivity contribution in [1.82, 2.24) is 14.8 Å². The first-order valence-corrected chi connectivity index (χ1v) is 7.84. The molecule has 1 N–H and O–H groups in total. The first-order chi connectivity index (χ1) is 10.2. The summed E-state index contributed by atoms with van der Waals surface area (Å²) in [5, 5.41) is 15.9. The van der Waals surface area contributed by atoms with Crippen LogP contribution in [0.25, 0.3) is 0 Å². The normalized spacial score (nSPS) is 17.8. The molecule has 0 aliphatic heterocycles. The second kappa shape index (κ2) is 6.01. The van der Waals surface area contributed by atoms with Crippen molar-refractivity contribution in [3.63, 3.8) is 0 Å². The molecule has 0 spiro atoms. The first-order valence-electron chi connectivity index (χ1n) is 7.46. The van der Waals surface area contributed by atoms with Gasteiger partial charge < -0.3 is 5.11 Å². The van der Waals surface area contributed by atoms with E-state index in [9.17, 15) is 5.11 Å². The van der Waals surface area contributed by atoms with Crippen LogP contribution in [-0.4, -0.2) is 19.9 Å². The van der Waals surface area contributed by atoms with Gasteiger partial charge in [-0.25, -0.2) is 9.67 Å². The van der Waals surface area contributed by atoms with Crippen LogP contribution in [0.1, 0.15) is 46.3 Å². The summed E-state index contributed by atoms with van der Waals surface area (Å²) in [5.41, 5.74) is 0.336. The molecule has 2 aromatic rings. The summed E-state index contributed by atoms with van der Waals surface area (Å²) in [6.07, 6.45) is 2.63. The molecule has 3 unspecified atom stereocenters. The van der Waals surface area contributed by atoms with E-state index in [1.807, 2.05) is 23.7 Å². The van der Waals surface area contributed by atoms with Gasteiger partial charge in [0, 0.05) is 10.9 Å². The van der Waals surface area contributed by atoms with Crippen molar-refractivity contribution in [3.8, 4) is 0 Å². The lowest BCUT2D eigenvalue weighted by atomic mass is 9.65. The van der Waals surface area contributed by atoms with Crippen molar-refractivity contribution in [1.29, 1.82) is 0 Å². The molecule has 2 rings (SSSR count). The number of aromatic nitrogens is 3. The summed E-state index contributed by atoms with van der Waals surface area (Å²) in [4.78, 5) is 4.08. The van der Waals surface area contributed by atoms with Crippen LogP contribution in [0.5, 0.6) is 0 Å². The molecule has 120 valence electrons. The van der Waals surface area contributed by atoms with Crippen molar-refractivity contribution in [2.45, 2.75) is 46.3 Å². The molecule has 0 saturated heterocycles. The highest BCUT2D eigenvalue weighted by Gasteiger charge is 2.47. The van der Waals surface area contributed by atoms with Gasteiger partial charge in [0.1, 0.15) is 12.7 Å². The first kappa shape index (κ1) is 17.0. The molecule has 3 atom stereocenters. The number of aliphatic hydroxyl groups is 1. The van der Waals surface area contributed by atoms with E-state index in [1.54, 1.807) is 18.5 Å². The number of rotatable bonds is 4. The lowest BCUT2D eigenvalue weighted by Crippen LogP contribution is -2.50. The van der Waals surface area contributed by atoms with E-state index >= 15 is 0 Å². The van der Waals surface area contributed by atoms with E-state index in [4.69, 9.17) is 11.6 Å². The van der Waals surface area contributed by atoms with E-state index in [-0.39, 0.29) is 11.3 Å². The summed E-state index contributed by atoms with van der Waals surface area (Å²) >= 11 is 5.94. The number of hydrogen-bond donors (Lipinski definition) is 1. The Labute approximate surface area is 137 Å². The van der Waals surface area contributed by atoms with Gasteiger partial charge in [-0.15, -0.1) is 0 Å². The van der Waals surface area contributed by atoms with Crippen molar-refractivity contribution in [3.05, 3.63) is 47.5 Å². The molecule has 0 radical (unpaired) electrons. The second-order valence-corrected chi connectivity index (χ2v) is 7.46. The Morgan fingerprint density at radius 1 is 1.14 bits per heavy atom. The van der Waals surface area contributed by atoms with Gasteiger partial charge in [0.05, 0.1) is 11.6 Å². The van der Waals surface area contributed by atoms with Gasteiger partial charge in [0.15, 0.2) is 0 Å². The molecule has 0 aliphatic rings. The summed E-state index contributed by atoms with van der Waals surface area (Å²) in [6, 6.07) is 7.34. The number of aliphatic hydroxyl groups excluding tert-OH is 1. The van der Waals surface area contributed by atoms with Gasteiger partial charge in [0.25, 0.3) is 0 Å². The molecule has 0 bridgehead atoms. The molecule has 0 aliphatic carbocycles. The molecule has 22 heavy (non-hydrogen) atoms. The van der Waals surface area contributed by atoms with Crippen molar-refractivity contribution >= 4 is 11.6 Å². The average molecular weight is 322 g/mol. The lowest BCUT2D eigenvalue weighted by Gasteiger charge is -2.47. The predicted octanol–water partition coefficient (Wildman–Crippen LogP) is 4.06. The Morgan fingerprint density at radius 3 is 2.18 bits per heavy atom. The molecular formula is C17H24ClN3O. The number of nitrogens with zero attached hydrogens (tertiary/aromatic N) is 3.